The predicted molar refractivity (Wildman–Crippen MR) is 113 cm³/mol. The number of aliphatic hydroxyl groups is 1. The van der Waals surface area contributed by atoms with Crippen molar-refractivity contribution in [3.8, 4) is 22.8 Å². The first kappa shape index (κ1) is 19.8. The summed E-state index contributed by atoms with van der Waals surface area (Å²) in [5.41, 5.74) is -0.110. The highest BCUT2D eigenvalue weighted by Gasteiger charge is 2.33. The van der Waals surface area contributed by atoms with Gasteiger partial charge in [-0.25, -0.2) is 0 Å². The van der Waals surface area contributed by atoms with Crippen molar-refractivity contribution < 1.29 is 19.7 Å². The van der Waals surface area contributed by atoms with Gasteiger partial charge in [0.2, 0.25) is 0 Å². The van der Waals surface area contributed by atoms with E-state index in [-0.39, 0.29) is 33.5 Å². The lowest BCUT2D eigenvalue weighted by Crippen LogP contribution is -2.40. The molecule has 1 aliphatic heterocycles. The number of halogens is 1. The molecule has 1 aromatic heterocycles. The summed E-state index contributed by atoms with van der Waals surface area (Å²) in [6.07, 6.45) is -0.236. The molecule has 6 nitrogen and oxygen atoms in total. The zero-order chi connectivity index (χ0) is 20.9. The lowest BCUT2D eigenvalue weighted by Gasteiger charge is -2.34. The summed E-state index contributed by atoms with van der Waals surface area (Å²) in [6, 6.07) is 7.86. The molecule has 1 fully saturated rings. The summed E-state index contributed by atoms with van der Waals surface area (Å²) < 4.78 is 6.01. The highest BCUT2D eigenvalue weighted by atomic mass is 35.5. The van der Waals surface area contributed by atoms with E-state index in [0.717, 1.165) is 6.07 Å². The molecule has 0 saturated carbocycles. The zero-order valence-electron chi connectivity index (χ0n) is 15.7. The van der Waals surface area contributed by atoms with Crippen LogP contribution in [0.25, 0.3) is 22.3 Å². The van der Waals surface area contributed by atoms with Gasteiger partial charge in [0.1, 0.15) is 36.1 Å². The fourth-order valence-electron chi connectivity index (χ4n) is 4.00. The number of fused-ring (bicyclic) bond motifs is 1. The smallest absolute Gasteiger partial charge is 0.189 e. The molecule has 0 aliphatic carbocycles. The van der Waals surface area contributed by atoms with Crippen molar-refractivity contribution in [3.05, 3.63) is 51.1 Å². The molecule has 0 amide bonds. The Hall–Kier alpha value is -2.48. The van der Waals surface area contributed by atoms with Crippen LogP contribution in [0, 0.1) is 0 Å². The van der Waals surface area contributed by atoms with Gasteiger partial charge >= 0.3 is 0 Å². The van der Waals surface area contributed by atoms with E-state index in [1.54, 1.807) is 24.3 Å². The molecule has 2 aromatic carbocycles. The molecule has 2 atom stereocenters. The molecular formula is C21H19BClNO5. The first-order chi connectivity index (χ1) is 13.8. The van der Waals surface area contributed by atoms with E-state index < -0.39 is 23.2 Å². The van der Waals surface area contributed by atoms with Gasteiger partial charge in [-0.3, -0.25) is 4.79 Å². The second kappa shape index (κ2) is 7.41. The SMILES string of the molecule is [B]c1c(-c2ccccc2Cl)oc2c([C@H]3CCN(C)C[C@H]3O)c(O)cc(O)c2c1=O. The minimum atomic E-state index is -0.779. The van der Waals surface area contributed by atoms with E-state index in [2.05, 4.69) is 0 Å². The Labute approximate surface area is 173 Å². The van der Waals surface area contributed by atoms with Crippen LogP contribution in [0.1, 0.15) is 17.9 Å². The molecule has 1 aliphatic rings. The Morgan fingerprint density at radius 2 is 1.97 bits per heavy atom. The fourth-order valence-corrected chi connectivity index (χ4v) is 4.22. The van der Waals surface area contributed by atoms with Gasteiger partial charge in [0.25, 0.3) is 0 Å². The molecule has 4 rings (SSSR count). The third kappa shape index (κ3) is 3.29. The topological polar surface area (TPSA) is 94.1 Å². The van der Waals surface area contributed by atoms with Crippen molar-refractivity contribution in [2.45, 2.75) is 18.4 Å². The molecule has 1 saturated heterocycles. The summed E-state index contributed by atoms with van der Waals surface area (Å²) >= 11 is 6.26. The maximum absolute atomic E-state index is 13.0. The predicted octanol–water partition coefficient (Wildman–Crippen LogP) is 2.10. The van der Waals surface area contributed by atoms with Crippen LogP contribution >= 0.6 is 11.6 Å². The molecule has 8 heteroatoms. The van der Waals surface area contributed by atoms with Crippen LogP contribution in [0.4, 0.5) is 0 Å². The lowest BCUT2D eigenvalue weighted by atomic mass is 9.84. The molecule has 0 unspecified atom stereocenters. The molecule has 0 spiro atoms. The highest BCUT2D eigenvalue weighted by Crippen LogP contribution is 2.42. The number of likely N-dealkylation sites (N-methyl/N-ethyl adjacent to an activating group) is 1. The van der Waals surface area contributed by atoms with Crippen LogP contribution in [0.2, 0.25) is 5.02 Å². The highest BCUT2D eigenvalue weighted by molar-refractivity contribution is 6.38. The van der Waals surface area contributed by atoms with E-state index in [9.17, 15) is 20.1 Å². The number of phenolic OH excluding ortho intramolecular Hbond substituents is 2. The molecule has 3 aromatic rings. The number of aliphatic hydroxyl groups excluding tert-OH is 1. The number of piperidine rings is 1. The molecule has 2 radical (unpaired) electrons. The number of hydrogen-bond acceptors (Lipinski definition) is 6. The van der Waals surface area contributed by atoms with Crippen LogP contribution in [0.15, 0.2) is 39.5 Å². The molecule has 3 N–H and O–H groups in total. The molecule has 148 valence electrons. The number of β-amino-alcohol motifs (C(OH)–C–C–N with tert-alkyl or cyclic N) is 1. The number of aromatic hydroxyl groups is 2. The average Bonchev–Trinajstić information content (AvgIpc) is 2.66. The van der Waals surface area contributed by atoms with E-state index in [1.165, 1.54) is 0 Å². The minimum Gasteiger partial charge on any atom is -0.507 e. The Bertz CT molecular complexity index is 1160. The van der Waals surface area contributed by atoms with Crippen molar-refractivity contribution in [2.24, 2.45) is 0 Å². The van der Waals surface area contributed by atoms with Crippen LogP contribution in [-0.4, -0.2) is 54.3 Å². The van der Waals surface area contributed by atoms with E-state index in [1.807, 2.05) is 11.9 Å². The number of phenols is 2. The average molecular weight is 412 g/mol. The van der Waals surface area contributed by atoms with Gasteiger partial charge in [0.05, 0.1) is 11.1 Å². The number of hydrogen-bond donors (Lipinski definition) is 3. The van der Waals surface area contributed by atoms with Crippen molar-refractivity contribution in [1.29, 1.82) is 0 Å². The van der Waals surface area contributed by atoms with Crippen LogP contribution < -0.4 is 10.9 Å². The van der Waals surface area contributed by atoms with Crippen molar-refractivity contribution in [1.82, 2.24) is 4.90 Å². The van der Waals surface area contributed by atoms with Gasteiger partial charge in [-0.05, 0) is 37.6 Å². The minimum absolute atomic E-state index is 0.00484. The molecule has 0 bridgehead atoms. The van der Waals surface area contributed by atoms with Crippen LogP contribution in [0.5, 0.6) is 11.5 Å². The van der Waals surface area contributed by atoms with Gasteiger partial charge in [-0.2, -0.15) is 0 Å². The van der Waals surface area contributed by atoms with Crippen molar-refractivity contribution >= 4 is 35.9 Å². The number of rotatable bonds is 2. The molecule has 29 heavy (non-hydrogen) atoms. The van der Waals surface area contributed by atoms with Crippen LogP contribution in [0.3, 0.4) is 0 Å². The van der Waals surface area contributed by atoms with E-state index >= 15 is 0 Å². The molecular weight excluding hydrogens is 392 g/mol. The summed E-state index contributed by atoms with van der Waals surface area (Å²) in [6.45, 7) is 1.10. The normalized spacial score (nSPS) is 20.2. The Morgan fingerprint density at radius 1 is 1.24 bits per heavy atom. The van der Waals surface area contributed by atoms with Gasteiger partial charge in [-0.15, -0.1) is 0 Å². The third-order valence-corrected chi connectivity index (χ3v) is 5.80. The number of likely N-dealkylation sites (tertiary alicyclic amines) is 1. The summed E-state index contributed by atoms with van der Waals surface area (Å²) in [5.74, 6) is -1.10. The summed E-state index contributed by atoms with van der Waals surface area (Å²) in [4.78, 5) is 15.0. The third-order valence-electron chi connectivity index (χ3n) is 5.47. The van der Waals surface area contributed by atoms with Gasteiger partial charge in [0, 0.05) is 29.7 Å². The first-order valence-corrected chi connectivity index (χ1v) is 9.60. The quantitative estimate of drug-likeness (QED) is 0.559. The Kier molecular flexibility index (Phi) is 5.06. The van der Waals surface area contributed by atoms with Gasteiger partial charge < -0.3 is 24.6 Å². The van der Waals surface area contributed by atoms with E-state index in [0.29, 0.717) is 30.1 Å². The second-order valence-corrected chi connectivity index (χ2v) is 7.82. The Balaban J connectivity index is 2.05. The lowest BCUT2D eigenvalue weighted by molar-refractivity contribution is 0.0631. The zero-order valence-corrected chi connectivity index (χ0v) is 16.5. The van der Waals surface area contributed by atoms with Crippen molar-refractivity contribution in [2.75, 3.05) is 20.1 Å². The van der Waals surface area contributed by atoms with Crippen LogP contribution in [-0.2, 0) is 0 Å². The fraction of sp³-hybridized carbons (Fsp3) is 0.286. The maximum atomic E-state index is 13.0. The van der Waals surface area contributed by atoms with E-state index in [4.69, 9.17) is 23.9 Å². The summed E-state index contributed by atoms with van der Waals surface area (Å²) in [7, 11) is 7.93. The summed E-state index contributed by atoms with van der Waals surface area (Å²) in [5, 5.41) is 31.8. The standard InChI is InChI=1S/C21H19BClNO5/c1-24-7-6-11(15(27)9-24)16-13(25)8-14(26)17-19(28)18(22)20(29-21(16)17)10-4-2-3-5-12(10)23/h2-5,8,11,15,25-27H,6-7,9H2,1H3/t11-,15+/m0/s1. The number of nitrogens with zero attached hydrogens (tertiary/aromatic N) is 1. The maximum Gasteiger partial charge on any atom is 0.189 e. The van der Waals surface area contributed by atoms with Gasteiger partial charge in [-0.1, -0.05) is 23.7 Å². The molecule has 2 heterocycles. The number of benzene rings is 2. The van der Waals surface area contributed by atoms with Crippen molar-refractivity contribution in [3.63, 3.8) is 0 Å². The van der Waals surface area contributed by atoms with Gasteiger partial charge in [0.15, 0.2) is 5.43 Å². The monoisotopic (exact) mass is 411 g/mol. The Morgan fingerprint density at radius 3 is 2.66 bits per heavy atom. The second-order valence-electron chi connectivity index (χ2n) is 7.41. The largest absolute Gasteiger partial charge is 0.507 e. The first-order valence-electron chi connectivity index (χ1n) is 9.22.